The van der Waals surface area contributed by atoms with Crippen molar-refractivity contribution >= 4 is 27.5 Å². The minimum absolute atomic E-state index is 0. The van der Waals surface area contributed by atoms with Crippen LogP contribution < -0.4 is 5.32 Å². The highest BCUT2D eigenvalue weighted by atomic mass is 35.5. The topological polar surface area (TPSA) is 86.7 Å². The summed E-state index contributed by atoms with van der Waals surface area (Å²) in [6.07, 6.45) is 9.95. The Morgan fingerprint density at radius 3 is 2.32 bits per heavy atom. The molecule has 1 saturated carbocycles. The molecule has 6 nitrogen and oxygen atoms in total. The van der Waals surface area contributed by atoms with E-state index in [2.05, 4.69) is 5.32 Å². The molecule has 1 atom stereocenters. The second-order valence-electron chi connectivity index (χ2n) is 8.16. The highest BCUT2D eigenvalue weighted by Crippen LogP contribution is 2.32. The Hall–Kier alpha value is -1.31. The predicted molar refractivity (Wildman–Crippen MR) is 127 cm³/mol. The molecule has 0 spiro atoms. The largest absolute Gasteiger partial charge is 0.507 e. The van der Waals surface area contributed by atoms with Crippen LogP contribution in [0.3, 0.4) is 0 Å². The Bertz CT molecular complexity index is 808. The van der Waals surface area contributed by atoms with Crippen LogP contribution in [0.1, 0.15) is 79.1 Å². The molecule has 1 aromatic carbocycles. The molecular formula is C23H39ClN2O4S. The van der Waals surface area contributed by atoms with Gasteiger partial charge in [0.25, 0.3) is 0 Å². The standard InChI is InChI=1S/C21H31ClN2O4S.2CH4/c22-17-11-12-19(25)20(14-17)29(27,28)24-13-7-6-10-18(24)15-23-21(26)16-8-4-2-1-3-5-9-16;;/h11-12,14,16,18,25H,1-10,13,15H2,(H,23,26);2*1H4. The van der Waals surface area contributed by atoms with E-state index in [1.165, 1.54) is 41.8 Å². The first-order valence-electron chi connectivity index (χ1n) is 10.7. The fourth-order valence-electron chi connectivity index (χ4n) is 4.40. The lowest BCUT2D eigenvalue weighted by atomic mass is 9.90. The van der Waals surface area contributed by atoms with E-state index in [1.54, 1.807) is 0 Å². The number of amides is 1. The van der Waals surface area contributed by atoms with Crippen LogP contribution in [-0.4, -0.2) is 42.9 Å². The number of phenolic OH excluding ortho intramolecular Hbond substituents is 1. The molecular weight excluding hydrogens is 436 g/mol. The van der Waals surface area contributed by atoms with Gasteiger partial charge in [-0.05, 0) is 43.9 Å². The van der Waals surface area contributed by atoms with Gasteiger partial charge in [-0.15, -0.1) is 0 Å². The van der Waals surface area contributed by atoms with E-state index >= 15 is 0 Å². The zero-order valence-corrected chi connectivity index (χ0v) is 18.3. The van der Waals surface area contributed by atoms with Crippen LogP contribution in [-0.2, 0) is 14.8 Å². The third-order valence-electron chi connectivity index (χ3n) is 6.07. The van der Waals surface area contributed by atoms with Crippen molar-refractivity contribution in [1.82, 2.24) is 9.62 Å². The van der Waals surface area contributed by atoms with E-state index in [1.807, 2.05) is 0 Å². The predicted octanol–water partition coefficient (Wildman–Crippen LogP) is 5.34. The van der Waals surface area contributed by atoms with Crippen LogP contribution in [0.25, 0.3) is 0 Å². The molecule has 1 aromatic rings. The van der Waals surface area contributed by atoms with E-state index < -0.39 is 10.0 Å². The van der Waals surface area contributed by atoms with E-state index in [4.69, 9.17) is 11.6 Å². The van der Waals surface area contributed by atoms with Gasteiger partial charge in [0, 0.05) is 30.1 Å². The highest BCUT2D eigenvalue weighted by molar-refractivity contribution is 7.89. The quantitative estimate of drug-likeness (QED) is 0.603. The first-order valence-corrected chi connectivity index (χ1v) is 12.5. The highest BCUT2D eigenvalue weighted by Gasteiger charge is 2.35. The lowest BCUT2D eigenvalue weighted by Gasteiger charge is -2.35. The third-order valence-corrected chi connectivity index (χ3v) is 8.29. The average Bonchev–Trinajstić information content (AvgIpc) is 2.68. The van der Waals surface area contributed by atoms with Crippen molar-refractivity contribution in [3.8, 4) is 5.75 Å². The molecule has 1 saturated heterocycles. The molecule has 1 unspecified atom stereocenters. The molecule has 2 N–H and O–H groups in total. The van der Waals surface area contributed by atoms with E-state index in [0.717, 1.165) is 38.5 Å². The smallest absolute Gasteiger partial charge is 0.247 e. The van der Waals surface area contributed by atoms with Gasteiger partial charge in [0.2, 0.25) is 15.9 Å². The summed E-state index contributed by atoms with van der Waals surface area (Å²) in [5.41, 5.74) is 0. The van der Waals surface area contributed by atoms with Crippen LogP contribution in [0, 0.1) is 5.92 Å². The van der Waals surface area contributed by atoms with Gasteiger partial charge >= 0.3 is 0 Å². The zero-order valence-electron chi connectivity index (χ0n) is 16.8. The number of benzene rings is 1. The van der Waals surface area contributed by atoms with Gasteiger partial charge in [0.05, 0.1) is 0 Å². The fraction of sp³-hybridized carbons (Fsp3) is 0.696. The summed E-state index contributed by atoms with van der Waals surface area (Å²) in [4.78, 5) is 12.5. The first-order chi connectivity index (χ1) is 13.9. The van der Waals surface area contributed by atoms with Gasteiger partial charge < -0.3 is 10.4 Å². The Morgan fingerprint density at radius 2 is 1.65 bits per heavy atom. The second-order valence-corrected chi connectivity index (χ2v) is 10.5. The minimum atomic E-state index is -3.90. The normalized spacial score (nSPS) is 21.1. The first kappa shape index (κ1) is 27.7. The summed E-state index contributed by atoms with van der Waals surface area (Å²) in [5.74, 6) is -0.237. The number of halogens is 1. The maximum atomic E-state index is 13.2. The molecule has 1 aliphatic carbocycles. The maximum absolute atomic E-state index is 13.2. The molecule has 178 valence electrons. The van der Waals surface area contributed by atoms with Crippen LogP contribution >= 0.6 is 11.6 Å². The van der Waals surface area contributed by atoms with Crippen molar-refractivity contribution in [2.24, 2.45) is 5.92 Å². The van der Waals surface area contributed by atoms with Gasteiger partial charge in [0.1, 0.15) is 10.6 Å². The van der Waals surface area contributed by atoms with Crippen molar-refractivity contribution in [3.63, 3.8) is 0 Å². The number of carbonyl (C=O) groups is 1. The molecule has 1 heterocycles. The number of nitrogens with zero attached hydrogens (tertiary/aromatic N) is 1. The summed E-state index contributed by atoms with van der Waals surface area (Å²) in [6, 6.07) is 3.72. The number of aromatic hydroxyl groups is 1. The molecule has 2 fully saturated rings. The number of piperidine rings is 1. The summed E-state index contributed by atoms with van der Waals surface area (Å²) < 4.78 is 27.8. The van der Waals surface area contributed by atoms with Crippen molar-refractivity contribution < 1.29 is 18.3 Å². The van der Waals surface area contributed by atoms with E-state index in [9.17, 15) is 18.3 Å². The molecule has 3 rings (SSSR count). The molecule has 0 radical (unpaired) electrons. The number of hydrogen-bond donors (Lipinski definition) is 2. The van der Waals surface area contributed by atoms with Crippen molar-refractivity contribution in [2.75, 3.05) is 13.1 Å². The molecule has 1 aliphatic heterocycles. The van der Waals surface area contributed by atoms with E-state index in [0.29, 0.717) is 19.5 Å². The maximum Gasteiger partial charge on any atom is 0.247 e. The SMILES string of the molecule is C.C.O=C(NCC1CCCCN1S(=O)(=O)c1cc(Cl)ccc1O)C1CCCCCCC1. The molecule has 0 aromatic heterocycles. The Balaban J connectivity index is 0.00000240. The lowest BCUT2D eigenvalue weighted by molar-refractivity contribution is -0.125. The van der Waals surface area contributed by atoms with E-state index in [-0.39, 0.29) is 48.4 Å². The monoisotopic (exact) mass is 474 g/mol. The van der Waals surface area contributed by atoms with Crippen LogP contribution in [0.5, 0.6) is 5.75 Å². The lowest BCUT2D eigenvalue weighted by Crippen LogP contribution is -2.50. The van der Waals surface area contributed by atoms with Gasteiger partial charge in [-0.1, -0.05) is 65.0 Å². The second kappa shape index (κ2) is 12.7. The Kier molecular flexibility index (Phi) is 11.3. The molecule has 1 amide bonds. The van der Waals surface area contributed by atoms with Gasteiger partial charge in [-0.25, -0.2) is 8.42 Å². The van der Waals surface area contributed by atoms with Crippen LogP contribution in [0.2, 0.25) is 5.02 Å². The number of hydrogen-bond acceptors (Lipinski definition) is 4. The number of phenols is 1. The number of nitrogens with one attached hydrogen (secondary N) is 1. The minimum Gasteiger partial charge on any atom is -0.507 e. The summed E-state index contributed by atoms with van der Waals surface area (Å²) in [5, 5.41) is 13.4. The molecule has 8 heteroatoms. The van der Waals surface area contributed by atoms with Crippen molar-refractivity contribution in [3.05, 3.63) is 23.2 Å². The number of carbonyl (C=O) groups excluding carboxylic acids is 1. The Morgan fingerprint density at radius 1 is 1.03 bits per heavy atom. The summed E-state index contributed by atoms with van der Waals surface area (Å²) in [7, 11) is -3.90. The summed E-state index contributed by atoms with van der Waals surface area (Å²) in [6.45, 7) is 0.675. The van der Waals surface area contributed by atoms with Crippen molar-refractivity contribution in [2.45, 2.75) is 90.0 Å². The Labute approximate surface area is 193 Å². The van der Waals surface area contributed by atoms with Gasteiger partial charge in [0.15, 0.2) is 0 Å². The average molecular weight is 475 g/mol. The van der Waals surface area contributed by atoms with Gasteiger partial charge in [-0.2, -0.15) is 4.31 Å². The fourth-order valence-corrected chi connectivity index (χ4v) is 6.44. The number of sulfonamides is 1. The van der Waals surface area contributed by atoms with Crippen LogP contribution in [0.15, 0.2) is 23.1 Å². The van der Waals surface area contributed by atoms with Crippen LogP contribution in [0.4, 0.5) is 0 Å². The summed E-state index contributed by atoms with van der Waals surface area (Å²) >= 11 is 5.96. The van der Waals surface area contributed by atoms with Gasteiger partial charge in [-0.3, -0.25) is 4.79 Å². The number of rotatable bonds is 5. The zero-order chi connectivity index (χ0) is 20.9. The molecule has 0 bridgehead atoms. The van der Waals surface area contributed by atoms with Crippen molar-refractivity contribution in [1.29, 1.82) is 0 Å². The third kappa shape index (κ3) is 7.09. The molecule has 31 heavy (non-hydrogen) atoms. The molecule has 2 aliphatic rings.